The van der Waals surface area contributed by atoms with Crippen molar-refractivity contribution in [1.82, 2.24) is 0 Å². The second-order valence-electron chi connectivity index (χ2n) is 11.2. The van der Waals surface area contributed by atoms with Crippen molar-refractivity contribution in [3.8, 4) is 5.75 Å². The number of ether oxygens (including phenoxy) is 2. The largest absolute Gasteiger partial charge is 0.496 e. The number of sulfone groups is 1. The minimum absolute atomic E-state index is 0.0679. The second kappa shape index (κ2) is 13.3. The number of benzene rings is 2. The molecule has 2 aromatic rings. The normalized spacial score (nSPS) is 12.8. The Morgan fingerprint density at radius 3 is 2.26 bits per heavy atom. The molecule has 0 saturated heterocycles. The molecule has 210 valence electrons. The van der Waals surface area contributed by atoms with Gasteiger partial charge in [-0.15, -0.1) is 0 Å². The fraction of sp³-hybridized carbons (Fsp3) is 0.533. The summed E-state index contributed by atoms with van der Waals surface area (Å²) in [6.45, 7) is 12.2. The van der Waals surface area contributed by atoms with E-state index in [1.165, 1.54) is 14.2 Å². The number of esters is 1. The molecular formula is C30H43NO6S. The number of carbonyl (C=O) groups is 2. The van der Waals surface area contributed by atoms with Crippen LogP contribution in [0.1, 0.15) is 83.4 Å². The Bertz CT molecular complexity index is 1230. The summed E-state index contributed by atoms with van der Waals surface area (Å²) in [6.07, 6.45) is 1.56. The molecule has 0 aliphatic carbocycles. The highest BCUT2D eigenvalue weighted by Crippen LogP contribution is 2.37. The first kappa shape index (κ1) is 31.3. The van der Waals surface area contributed by atoms with E-state index in [0.717, 1.165) is 23.1 Å². The van der Waals surface area contributed by atoms with Gasteiger partial charge in [-0.3, -0.25) is 9.59 Å². The van der Waals surface area contributed by atoms with Gasteiger partial charge in [0, 0.05) is 12.1 Å². The fourth-order valence-corrected chi connectivity index (χ4v) is 5.96. The number of methoxy groups -OCH3 is 2. The molecule has 0 heterocycles. The number of anilines is 1. The van der Waals surface area contributed by atoms with Crippen LogP contribution in [0.25, 0.3) is 0 Å². The molecule has 2 aromatic carbocycles. The summed E-state index contributed by atoms with van der Waals surface area (Å²) < 4.78 is 35.6. The van der Waals surface area contributed by atoms with Gasteiger partial charge in [-0.1, -0.05) is 59.7 Å². The van der Waals surface area contributed by atoms with E-state index in [9.17, 15) is 18.0 Å². The molecule has 8 heteroatoms. The van der Waals surface area contributed by atoms with E-state index in [0.29, 0.717) is 23.8 Å². The highest BCUT2D eigenvalue weighted by Gasteiger charge is 2.25. The highest BCUT2D eigenvalue weighted by atomic mass is 32.2. The molecular weight excluding hydrogens is 502 g/mol. The number of rotatable bonds is 12. The minimum Gasteiger partial charge on any atom is -0.496 e. The highest BCUT2D eigenvalue weighted by molar-refractivity contribution is 7.91. The van der Waals surface area contributed by atoms with E-state index in [4.69, 9.17) is 9.47 Å². The number of hydrogen-bond acceptors (Lipinski definition) is 6. The summed E-state index contributed by atoms with van der Waals surface area (Å²) in [5, 5.41) is 3.08. The van der Waals surface area contributed by atoms with Crippen molar-refractivity contribution in [2.24, 2.45) is 5.92 Å². The van der Waals surface area contributed by atoms with Gasteiger partial charge in [0.05, 0.1) is 31.3 Å². The van der Waals surface area contributed by atoms with Crippen LogP contribution in [0.4, 0.5) is 5.69 Å². The minimum atomic E-state index is -3.40. The maximum Gasteiger partial charge on any atom is 0.309 e. The second-order valence-corrected chi connectivity index (χ2v) is 13.3. The van der Waals surface area contributed by atoms with Gasteiger partial charge in [0.2, 0.25) is 5.91 Å². The Labute approximate surface area is 228 Å². The molecule has 0 radical (unpaired) electrons. The maximum atomic E-state index is 13.4. The number of carbonyl (C=O) groups excluding carboxylic acids is 2. The lowest BCUT2D eigenvalue weighted by Gasteiger charge is -2.25. The van der Waals surface area contributed by atoms with Gasteiger partial charge < -0.3 is 14.8 Å². The topological polar surface area (TPSA) is 98.8 Å². The lowest BCUT2D eigenvalue weighted by molar-refractivity contribution is -0.139. The van der Waals surface area contributed by atoms with Crippen LogP contribution >= 0.6 is 0 Å². The van der Waals surface area contributed by atoms with Crippen molar-refractivity contribution in [3.63, 3.8) is 0 Å². The van der Waals surface area contributed by atoms with Crippen molar-refractivity contribution in [1.29, 1.82) is 0 Å². The zero-order chi connectivity index (χ0) is 28.7. The Morgan fingerprint density at radius 2 is 1.71 bits per heavy atom. The van der Waals surface area contributed by atoms with Crippen molar-refractivity contribution in [2.75, 3.05) is 25.3 Å². The fourth-order valence-electron chi connectivity index (χ4n) is 4.62. The molecule has 2 rings (SSSR count). The van der Waals surface area contributed by atoms with Crippen LogP contribution < -0.4 is 10.1 Å². The van der Waals surface area contributed by atoms with Crippen molar-refractivity contribution in [2.45, 2.75) is 83.5 Å². The zero-order valence-corrected chi connectivity index (χ0v) is 24.8. The molecule has 0 bridgehead atoms. The molecule has 1 N–H and O–H groups in total. The number of amides is 1. The van der Waals surface area contributed by atoms with Crippen LogP contribution in [0.3, 0.4) is 0 Å². The summed E-state index contributed by atoms with van der Waals surface area (Å²) >= 11 is 0. The first-order chi connectivity index (χ1) is 17.7. The van der Waals surface area contributed by atoms with E-state index in [1.807, 2.05) is 25.1 Å². The van der Waals surface area contributed by atoms with Crippen LogP contribution in [-0.2, 0) is 36.0 Å². The number of nitrogens with one attached hydrogen (secondary N) is 1. The summed E-state index contributed by atoms with van der Waals surface area (Å²) in [5.41, 5.74) is 2.96. The Hall–Kier alpha value is -2.87. The van der Waals surface area contributed by atoms with E-state index >= 15 is 0 Å². The molecule has 1 atom stereocenters. The third kappa shape index (κ3) is 8.58. The molecule has 0 spiro atoms. The third-order valence-electron chi connectivity index (χ3n) is 6.41. The lowest BCUT2D eigenvalue weighted by Crippen LogP contribution is -2.21. The van der Waals surface area contributed by atoms with Crippen LogP contribution in [-0.4, -0.2) is 40.3 Å². The van der Waals surface area contributed by atoms with E-state index in [-0.39, 0.29) is 46.7 Å². The van der Waals surface area contributed by atoms with Crippen molar-refractivity contribution in [3.05, 3.63) is 53.1 Å². The lowest BCUT2D eigenvalue weighted by atomic mass is 9.84. The smallest absolute Gasteiger partial charge is 0.309 e. The standard InChI is InChI=1S/C30H43NO6S/c1-9-14-38(34,35)23-11-12-24(27(19-23)36-7)22(15-20(2)3)18-28(32)31-26-16-21(17-29(33)37-8)10-13-25(26)30(4,5)6/h10-13,16,19-20,22H,9,14-15,17-18H2,1-8H3,(H,31,32). The van der Waals surface area contributed by atoms with Crippen LogP contribution in [0.2, 0.25) is 0 Å². The monoisotopic (exact) mass is 545 g/mol. The summed E-state index contributed by atoms with van der Waals surface area (Å²) in [5.74, 6) is 0.147. The predicted molar refractivity (Wildman–Crippen MR) is 152 cm³/mol. The van der Waals surface area contributed by atoms with Gasteiger partial charge in [0.1, 0.15) is 5.75 Å². The summed E-state index contributed by atoms with van der Waals surface area (Å²) in [6, 6.07) is 10.6. The average molecular weight is 546 g/mol. The van der Waals surface area contributed by atoms with E-state index in [2.05, 4.69) is 39.9 Å². The maximum absolute atomic E-state index is 13.4. The molecule has 0 aromatic heterocycles. The van der Waals surface area contributed by atoms with Gasteiger partial charge >= 0.3 is 5.97 Å². The Balaban J connectivity index is 2.41. The van der Waals surface area contributed by atoms with Crippen LogP contribution in [0.15, 0.2) is 41.3 Å². The Kier molecular flexibility index (Phi) is 10.9. The van der Waals surface area contributed by atoms with Gasteiger partial charge in [-0.2, -0.15) is 0 Å². The van der Waals surface area contributed by atoms with Crippen molar-refractivity contribution >= 4 is 27.4 Å². The van der Waals surface area contributed by atoms with Crippen LogP contribution in [0.5, 0.6) is 5.75 Å². The quantitative estimate of drug-likeness (QED) is 0.326. The predicted octanol–water partition coefficient (Wildman–Crippen LogP) is 6.05. The molecule has 38 heavy (non-hydrogen) atoms. The van der Waals surface area contributed by atoms with Gasteiger partial charge in [0.25, 0.3) is 0 Å². The van der Waals surface area contributed by atoms with Gasteiger partial charge in [-0.05, 0) is 65.0 Å². The first-order valence-corrected chi connectivity index (χ1v) is 14.8. The molecule has 7 nitrogen and oxygen atoms in total. The van der Waals surface area contributed by atoms with E-state index < -0.39 is 9.84 Å². The summed E-state index contributed by atoms with van der Waals surface area (Å²) in [7, 11) is -0.530. The molecule has 1 amide bonds. The van der Waals surface area contributed by atoms with Gasteiger partial charge in [0.15, 0.2) is 9.84 Å². The zero-order valence-electron chi connectivity index (χ0n) is 24.0. The molecule has 1 unspecified atom stereocenters. The number of hydrogen-bond donors (Lipinski definition) is 1. The molecule has 0 aliphatic rings. The summed E-state index contributed by atoms with van der Waals surface area (Å²) in [4.78, 5) is 25.5. The molecule has 0 aliphatic heterocycles. The molecule has 0 fully saturated rings. The van der Waals surface area contributed by atoms with Crippen molar-refractivity contribution < 1.29 is 27.5 Å². The first-order valence-electron chi connectivity index (χ1n) is 13.1. The third-order valence-corrected chi connectivity index (χ3v) is 8.32. The SMILES string of the molecule is CCCS(=O)(=O)c1ccc(C(CC(=O)Nc2cc(CC(=O)OC)ccc2C(C)(C)C)CC(C)C)c(OC)c1. The molecule has 0 saturated carbocycles. The van der Waals surface area contributed by atoms with Gasteiger partial charge in [-0.25, -0.2) is 8.42 Å². The van der Waals surface area contributed by atoms with Crippen LogP contribution in [0, 0.1) is 5.92 Å². The van der Waals surface area contributed by atoms with E-state index in [1.54, 1.807) is 18.2 Å². The Morgan fingerprint density at radius 1 is 1.03 bits per heavy atom. The average Bonchev–Trinajstić information content (AvgIpc) is 2.82.